The van der Waals surface area contributed by atoms with E-state index in [2.05, 4.69) is 0 Å². The van der Waals surface area contributed by atoms with E-state index in [4.69, 9.17) is 10.5 Å². The number of ether oxygens (including phenoxy) is 1. The Balaban J connectivity index is 2.04. The van der Waals surface area contributed by atoms with Crippen molar-refractivity contribution in [1.82, 2.24) is 0 Å². The van der Waals surface area contributed by atoms with Crippen LogP contribution in [0.4, 0.5) is 0 Å². The van der Waals surface area contributed by atoms with Crippen molar-refractivity contribution < 1.29 is 4.74 Å². The molecule has 1 saturated heterocycles. The van der Waals surface area contributed by atoms with Crippen LogP contribution in [0.5, 0.6) is 0 Å². The molecular formula is C10H19NO. The van der Waals surface area contributed by atoms with Crippen LogP contribution < -0.4 is 5.73 Å². The first-order chi connectivity index (χ1) is 5.83. The van der Waals surface area contributed by atoms with Crippen molar-refractivity contribution >= 4 is 0 Å². The van der Waals surface area contributed by atoms with Gasteiger partial charge in [-0.15, -0.1) is 0 Å². The van der Waals surface area contributed by atoms with Crippen LogP contribution >= 0.6 is 0 Å². The molecule has 70 valence electrons. The van der Waals surface area contributed by atoms with Gasteiger partial charge in [-0.1, -0.05) is 12.8 Å². The Kier molecular flexibility index (Phi) is 2.37. The summed E-state index contributed by atoms with van der Waals surface area (Å²) in [7, 11) is 0. The molecule has 2 N–H and O–H groups in total. The SMILES string of the molecule is NC1CCCCC12CCOCC2. The molecule has 2 nitrogen and oxygen atoms in total. The summed E-state index contributed by atoms with van der Waals surface area (Å²) in [5, 5.41) is 0. The Labute approximate surface area is 74.5 Å². The molecule has 2 rings (SSSR count). The lowest BCUT2D eigenvalue weighted by Crippen LogP contribution is -2.47. The summed E-state index contributed by atoms with van der Waals surface area (Å²) in [6.07, 6.45) is 7.71. The van der Waals surface area contributed by atoms with Gasteiger partial charge in [0.2, 0.25) is 0 Å². The Morgan fingerprint density at radius 1 is 1.08 bits per heavy atom. The number of hydrogen-bond acceptors (Lipinski definition) is 2. The van der Waals surface area contributed by atoms with Crippen LogP contribution in [0.15, 0.2) is 0 Å². The predicted octanol–water partition coefficient (Wildman–Crippen LogP) is 1.68. The fourth-order valence-corrected chi connectivity index (χ4v) is 2.73. The monoisotopic (exact) mass is 169 g/mol. The van der Waals surface area contributed by atoms with E-state index in [9.17, 15) is 0 Å². The fraction of sp³-hybridized carbons (Fsp3) is 1.00. The molecule has 1 spiro atoms. The fourth-order valence-electron chi connectivity index (χ4n) is 2.73. The van der Waals surface area contributed by atoms with Gasteiger partial charge in [0.05, 0.1) is 0 Å². The van der Waals surface area contributed by atoms with Gasteiger partial charge in [-0.3, -0.25) is 0 Å². The second-order valence-corrected chi connectivity index (χ2v) is 4.33. The lowest BCUT2D eigenvalue weighted by molar-refractivity contribution is -0.0159. The molecule has 0 bridgehead atoms. The highest BCUT2D eigenvalue weighted by molar-refractivity contribution is 4.93. The van der Waals surface area contributed by atoms with E-state index in [1.165, 1.54) is 38.5 Å². The molecule has 2 aliphatic rings. The van der Waals surface area contributed by atoms with Gasteiger partial charge in [0.15, 0.2) is 0 Å². The van der Waals surface area contributed by atoms with Gasteiger partial charge in [-0.25, -0.2) is 0 Å². The average molecular weight is 169 g/mol. The quantitative estimate of drug-likeness (QED) is 0.599. The van der Waals surface area contributed by atoms with Crippen molar-refractivity contribution in [3.05, 3.63) is 0 Å². The minimum atomic E-state index is 0.454. The first-order valence-electron chi connectivity index (χ1n) is 5.17. The van der Waals surface area contributed by atoms with Gasteiger partial charge in [0, 0.05) is 19.3 Å². The molecule has 2 heteroatoms. The van der Waals surface area contributed by atoms with E-state index < -0.39 is 0 Å². The molecule has 1 atom stereocenters. The van der Waals surface area contributed by atoms with Gasteiger partial charge in [0.1, 0.15) is 0 Å². The molecular weight excluding hydrogens is 150 g/mol. The molecule has 0 aromatic carbocycles. The van der Waals surface area contributed by atoms with Crippen LogP contribution in [0.3, 0.4) is 0 Å². The number of hydrogen-bond donors (Lipinski definition) is 1. The first kappa shape index (κ1) is 8.52. The van der Waals surface area contributed by atoms with Crippen molar-refractivity contribution in [1.29, 1.82) is 0 Å². The van der Waals surface area contributed by atoms with Crippen LogP contribution in [-0.4, -0.2) is 19.3 Å². The zero-order valence-corrected chi connectivity index (χ0v) is 7.72. The lowest BCUT2D eigenvalue weighted by atomic mass is 9.66. The molecule has 1 unspecified atom stereocenters. The molecule has 0 aromatic rings. The highest BCUT2D eigenvalue weighted by atomic mass is 16.5. The Bertz CT molecular complexity index is 144. The van der Waals surface area contributed by atoms with Crippen LogP contribution in [0.1, 0.15) is 38.5 Å². The topological polar surface area (TPSA) is 35.2 Å². The minimum Gasteiger partial charge on any atom is -0.381 e. The molecule has 1 aliphatic heterocycles. The van der Waals surface area contributed by atoms with Gasteiger partial charge in [0.25, 0.3) is 0 Å². The van der Waals surface area contributed by atoms with E-state index in [1.807, 2.05) is 0 Å². The van der Waals surface area contributed by atoms with E-state index in [0.29, 0.717) is 11.5 Å². The van der Waals surface area contributed by atoms with E-state index in [-0.39, 0.29) is 0 Å². The van der Waals surface area contributed by atoms with Crippen molar-refractivity contribution in [2.45, 2.75) is 44.6 Å². The molecule has 2 fully saturated rings. The summed E-state index contributed by atoms with van der Waals surface area (Å²) in [5.41, 5.74) is 6.66. The summed E-state index contributed by atoms with van der Waals surface area (Å²) < 4.78 is 5.39. The van der Waals surface area contributed by atoms with Crippen molar-refractivity contribution in [3.63, 3.8) is 0 Å². The first-order valence-corrected chi connectivity index (χ1v) is 5.17. The maximum absolute atomic E-state index is 6.19. The maximum Gasteiger partial charge on any atom is 0.0471 e. The summed E-state index contributed by atoms with van der Waals surface area (Å²) >= 11 is 0. The highest BCUT2D eigenvalue weighted by Crippen LogP contribution is 2.43. The Morgan fingerprint density at radius 2 is 1.83 bits per heavy atom. The Morgan fingerprint density at radius 3 is 2.50 bits per heavy atom. The zero-order chi connectivity index (χ0) is 8.44. The summed E-state index contributed by atoms with van der Waals surface area (Å²) in [6, 6.07) is 0.454. The smallest absolute Gasteiger partial charge is 0.0471 e. The van der Waals surface area contributed by atoms with Gasteiger partial charge >= 0.3 is 0 Å². The van der Waals surface area contributed by atoms with Gasteiger partial charge in [-0.2, -0.15) is 0 Å². The van der Waals surface area contributed by atoms with Crippen molar-refractivity contribution in [2.75, 3.05) is 13.2 Å². The zero-order valence-electron chi connectivity index (χ0n) is 7.72. The van der Waals surface area contributed by atoms with E-state index in [1.54, 1.807) is 0 Å². The normalized spacial score (nSPS) is 35.2. The summed E-state index contributed by atoms with van der Waals surface area (Å²) in [4.78, 5) is 0. The van der Waals surface area contributed by atoms with Gasteiger partial charge < -0.3 is 10.5 Å². The molecule has 12 heavy (non-hydrogen) atoms. The molecule has 0 amide bonds. The van der Waals surface area contributed by atoms with Crippen molar-refractivity contribution in [3.8, 4) is 0 Å². The number of rotatable bonds is 0. The predicted molar refractivity (Wildman–Crippen MR) is 48.9 cm³/mol. The summed E-state index contributed by atoms with van der Waals surface area (Å²) in [5.74, 6) is 0. The summed E-state index contributed by atoms with van der Waals surface area (Å²) in [6.45, 7) is 1.88. The maximum atomic E-state index is 6.19. The molecule has 1 saturated carbocycles. The van der Waals surface area contributed by atoms with Crippen LogP contribution in [0, 0.1) is 5.41 Å². The third-order valence-electron chi connectivity index (χ3n) is 3.71. The number of nitrogens with two attached hydrogens (primary N) is 1. The second-order valence-electron chi connectivity index (χ2n) is 4.33. The second kappa shape index (κ2) is 3.35. The van der Waals surface area contributed by atoms with Crippen LogP contribution in [-0.2, 0) is 4.74 Å². The molecule has 1 aliphatic carbocycles. The van der Waals surface area contributed by atoms with Crippen LogP contribution in [0.2, 0.25) is 0 Å². The van der Waals surface area contributed by atoms with Crippen LogP contribution in [0.25, 0.3) is 0 Å². The van der Waals surface area contributed by atoms with Crippen molar-refractivity contribution in [2.24, 2.45) is 11.1 Å². The highest BCUT2D eigenvalue weighted by Gasteiger charge is 2.39. The molecule has 0 radical (unpaired) electrons. The standard InChI is InChI=1S/C10H19NO/c11-9-3-1-2-4-10(9)5-7-12-8-6-10/h9H,1-8,11H2. The third-order valence-corrected chi connectivity index (χ3v) is 3.71. The third kappa shape index (κ3) is 1.38. The molecule has 0 aromatic heterocycles. The Hall–Kier alpha value is -0.0800. The molecule has 1 heterocycles. The minimum absolute atomic E-state index is 0.454. The van der Waals surface area contributed by atoms with E-state index >= 15 is 0 Å². The van der Waals surface area contributed by atoms with Gasteiger partial charge in [-0.05, 0) is 31.1 Å². The average Bonchev–Trinajstić information content (AvgIpc) is 2.12. The lowest BCUT2D eigenvalue weighted by Gasteiger charge is -2.45. The van der Waals surface area contributed by atoms with E-state index in [0.717, 1.165) is 13.2 Å². The largest absolute Gasteiger partial charge is 0.381 e.